The Morgan fingerprint density at radius 2 is 1.68 bits per heavy atom. The third-order valence-electron chi connectivity index (χ3n) is 4.55. The first-order valence-electron chi connectivity index (χ1n) is 8.87. The molecule has 0 radical (unpaired) electrons. The Morgan fingerprint density at radius 3 is 2.32 bits per heavy atom. The number of ether oxygens (including phenoxy) is 1. The molecular weight excluding hydrogens is 351 g/mol. The molecule has 4 heteroatoms. The standard InChI is InChI=1S/C24H17FN2O/c1-2-3-18-16-27(24-14-17(15-26)4-13-23(18)24)20-7-11-22(12-8-20)28-21-9-5-19(25)6-10-21/h2,4-14,16H,1,3H2. The van der Waals surface area contributed by atoms with E-state index in [2.05, 4.69) is 23.4 Å². The van der Waals surface area contributed by atoms with Crippen LogP contribution >= 0.6 is 0 Å². The fraction of sp³-hybridized carbons (Fsp3) is 0.0417. The van der Waals surface area contributed by atoms with Gasteiger partial charge in [0, 0.05) is 17.3 Å². The van der Waals surface area contributed by atoms with Gasteiger partial charge in [0.1, 0.15) is 17.3 Å². The van der Waals surface area contributed by atoms with Crippen LogP contribution in [0.25, 0.3) is 16.6 Å². The number of aromatic nitrogens is 1. The summed E-state index contributed by atoms with van der Waals surface area (Å²) in [6.45, 7) is 3.83. The van der Waals surface area contributed by atoms with E-state index in [0.29, 0.717) is 17.1 Å². The fourth-order valence-corrected chi connectivity index (χ4v) is 3.21. The minimum Gasteiger partial charge on any atom is -0.457 e. The molecule has 0 aliphatic rings. The summed E-state index contributed by atoms with van der Waals surface area (Å²) in [6, 6.07) is 21.5. The van der Waals surface area contributed by atoms with Gasteiger partial charge < -0.3 is 9.30 Å². The van der Waals surface area contributed by atoms with Crippen LogP contribution in [0.1, 0.15) is 11.1 Å². The van der Waals surface area contributed by atoms with Gasteiger partial charge in [0.15, 0.2) is 0 Å². The molecule has 4 aromatic rings. The van der Waals surface area contributed by atoms with Crippen LogP contribution < -0.4 is 4.74 Å². The first-order chi connectivity index (χ1) is 13.7. The largest absolute Gasteiger partial charge is 0.457 e. The van der Waals surface area contributed by atoms with Crippen molar-refractivity contribution in [2.45, 2.75) is 6.42 Å². The molecule has 3 nitrogen and oxygen atoms in total. The highest BCUT2D eigenvalue weighted by atomic mass is 19.1. The number of nitrogens with zero attached hydrogens (tertiary/aromatic N) is 2. The van der Waals surface area contributed by atoms with Gasteiger partial charge >= 0.3 is 0 Å². The number of halogens is 1. The summed E-state index contributed by atoms with van der Waals surface area (Å²) < 4.78 is 20.8. The Hall–Kier alpha value is -3.84. The molecule has 0 N–H and O–H groups in total. The molecule has 1 aromatic heterocycles. The molecule has 0 aliphatic heterocycles. The van der Waals surface area contributed by atoms with E-state index in [4.69, 9.17) is 4.74 Å². The van der Waals surface area contributed by atoms with Crippen molar-refractivity contribution in [3.05, 3.63) is 103 Å². The van der Waals surface area contributed by atoms with Crippen molar-refractivity contribution >= 4 is 10.9 Å². The lowest BCUT2D eigenvalue weighted by Crippen LogP contribution is -1.92. The molecule has 0 spiro atoms. The summed E-state index contributed by atoms with van der Waals surface area (Å²) >= 11 is 0. The van der Waals surface area contributed by atoms with Crippen LogP contribution in [0, 0.1) is 17.1 Å². The highest BCUT2D eigenvalue weighted by Gasteiger charge is 2.10. The smallest absolute Gasteiger partial charge is 0.127 e. The van der Waals surface area contributed by atoms with E-state index in [1.54, 1.807) is 12.1 Å². The van der Waals surface area contributed by atoms with Crippen molar-refractivity contribution in [3.8, 4) is 23.3 Å². The van der Waals surface area contributed by atoms with Crippen LogP contribution in [0.2, 0.25) is 0 Å². The molecule has 0 aliphatic carbocycles. The minimum absolute atomic E-state index is 0.297. The number of nitriles is 1. The Kier molecular flexibility index (Phi) is 4.65. The SMILES string of the molecule is C=CCc1cn(-c2ccc(Oc3ccc(F)cc3)cc2)c2cc(C#N)ccc12. The molecule has 4 rings (SSSR count). The molecule has 1 heterocycles. The van der Waals surface area contributed by atoms with Crippen molar-refractivity contribution in [2.75, 3.05) is 0 Å². The summed E-state index contributed by atoms with van der Waals surface area (Å²) in [5.41, 5.74) is 3.71. The lowest BCUT2D eigenvalue weighted by Gasteiger charge is -2.09. The maximum absolute atomic E-state index is 13.0. The van der Waals surface area contributed by atoms with Gasteiger partial charge in [0.05, 0.1) is 17.1 Å². The van der Waals surface area contributed by atoms with Gasteiger partial charge in [0.25, 0.3) is 0 Å². The maximum atomic E-state index is 13.0. The van der Waals surface area contributed by atoms with E-state index < -0.39 is 0 Å². The average Bonchev–Trinajstić information content (AvgIpc) is 3.08. The summed E-state index contributed by atoms with van der Waals surface area (Å²) in [6.07, 6.45) is 4.70. The van der Waals surface area contributed by atoms with E-state index >= 15 is 0 Å². The third kappa shape index (κ3) is 3.38. The molecule has 136 valence electrons. The molecule has 0 atom stereocenters. The zero-order valence-electron chi connectivity index (χ0n) is 15.1. The first kappa shape index (κ1) is 17.6. The zero-order chi connectivity index (χ0) is 19.5. The average molecular weight is 368 g/mol. The van der Waals surface area contributed by atoms with E-state index in [-0.39, 0.29) is 5.82 Å². The molecule has 0 saturated carbocycles. The van der Waals surface area contributed by atoms with Crippen LogP contribution in [0.5, 0.6) is 11.5 Å². The Balaban J connectivity index is 1.70. The summed E-state index contributed by atoms with van der Waals surface area (Å²) in [7, 11) is 0. The second-order valence-electron chi connectivity index (χ2n) is 6.41. The topological polar surface area (TPSA) is 38.0 Å². The van der Waals surface area contributed by atoms with Crippen LogP contribution in [-0.4, -0.2) is 4.57 Å². The van der Waals surface area contributed by atoms with E-state index in [1.165, 1.54) is 12.1 Å². The van der Waals surface area contributed by atoms with Crippen molar-refractivity contribution in [3.63, 3.8) is 0 Å². The number of hydrogen-bond donors (Lipinski definition) is 0. The highest BCUT2D eigenvalue weighted by molar-refractivity contribution is 5.87. The number of fused-ring (bicyclic) bond motifs is 1. The van der Waals surface area contributed by atoms with E-state index in [1.807, 2.05) is 48.5 Å². The van der Waals surface area contributed by atoms with Crippen LogP contribution in [0.4, 0.5) is 4.39 Å². The molecule has 0 unspecified atom stereocenters. The second-order valence-corrected chi connectivity index (χ2v) is 6.41. The Bertz CT molecular complexity index is 1180. The molecule has 3 aromatic carbocycles. The lowest BCUT2D eigenvalue weighted by atomic mass is 10.1. The predicted molar refractivity (Wildman–Crippen MR) is 108 cm³/mol. The van der Waals surface area contributed by atoms with Gasteiger partial charge in [-0.25, -0.2) is 4.39 Å². The summed E-state index contributed by atoms with van der Waals surface area (Å²) in [5, 5.41) is 10.3. The van der Waals surface area contributed by atoms with Crippen molar-refractivity contribution in [2.24, 2.45) is 0 Å². The van der Waals surface area contributed by atoms with E-state index in [0.717, 1.165) is 28.6 Å². The number of benzene rings is 3. The van der Waals surface area contributed by atoms with Gasteiger partial charge in [-0.2, -0.15) is 5.26 Å². The van der Waals surface area contributed by atoms with Gasteiger partial charge in [-0.1, -0.05) is 12.1 Å². The van der Waals surface area contributed by atoms with Crippen molar-refractivity contribution < 1.29 is 9.13 Å². The van der Waals surface area contributed by atoms with Crippen LogP contribution in [0.3, 0.4) is 0 Å². The number of allylic oxidation sites excluding steroid dienone is 1. The first-order valence-corrected chi connectivity index (χ1v) is 8.87. The lowest BCUT2D eigenvalue weighted by molar-refractivity contribution is 0.480. The predicted octanol–water partition coefficient (Wildman–Crippen LogP) is 6.16. The second kappa shape index (κ2) is 7.42. The zero-order valence-corrected chi connectivity index (χ0v) is 15.1. The molecule has 0 bridgehead atoms. The molecule has 0 fully saturated rings. The Morgan fingerprint density at radius 1 is 1.00 bits per heavy atom. The van der Waals surface area contributed by atoms with Crippen molar-refractivity contribution in [1.82, 2.24) is 4.57 Å². The Labute approximate surface area is 162 Å². The van der Waals surface area contributed by atoms with Crippen LogP contribution in [-0.2, 0) is 6.42 Å². The highest BCUT2D eigenvalue weighted by Crippen LogP contribution is 2.28. The summed E-state index contributed by atoms with van der Waals surface area (Å²) in [5.74, 6) is 0.942. The maximum Gasteiger partial charge on any atom is 0.127 e. The van der Waals surface area contributed by atoms with Gasteiger partial charge in [-0.3, -0.25) is 0 Å². The molecule has 28 heavy (non-hydrogen) atoms. The minimum atomic E-state index is -0.297. The van der Waals surface area contributed by atoms with Gasteiger partial charge in [0.2, 0.25) is 0 Å². The molecule has 0 saturated heterocycles. The van der Waals surface area contributed by atoms with Gasteiger partial charge in [-0.05, 0) is 72.6 Å². The summed E-state index contributed by atoms with van der Waals surface area (Å²) in [4.78, 5) is 0. The normalized spacial score (nSPS) is 10.6. The van der Waals surface area contributed by atoms with Crippen LogP contribution in [0.15, 0.2) is 85.6 Å². The fourth-order valence-electron chi connectivity index (χ4n) is 3.21. The van der Waals surface area contributed by atoms with Crippen molar-refractivity contribution in [1.29, 1.82) is 5.26 Å². The number of hydrogen-bond acceptors (Lipinski definition) is 2. The monoisotopic (exact) mass is 368 g/mol. The molecule has 0 amide bonds. The van der Waals surface area contributed by atoms with Gasteiger partial charge in [-0.15, -0.1) is 6.58 Å². The van der Waals surface area contributed by atoms with E-state index in [9.17, 15) is 9.65 Å². The number of rotatable bonds is 5. The molecular formula is C24H17FN2O. The third-order valence-corrected chi connectivity index (χ3v) is 4.55. The quantitative estimate of drug-likeness (QED) is 0.396.